The van der Waals surface area contributed by atoms with Crippen LogP contribution >= 0.6 is 0 Å². The number of nitrogens with two attached hydrogens (primary N) is 1. The van der Waals surface area contributed by atoms with E-state index in [9.17, 15) is 9.90 Å². The molecule has 1 fully saturated rings. The third-order valence-corrected chi connectivity index (χ3v) is 4.13. The number of hydrogen-bond acceptors (Lipinski definition) is 5. The van der Waals surface area contributed by atoms with Gasteiger partial charge < -0.3 is 20.2 Å². The number of benzene rings is 1. The maximum Gasteiger partial charge on any atom is 0.417 e. The van der Waals surface area contributed by atoms with E-state index >= 15 is 0 Å². The molecule has 0 spiro atoms. The van der Waals surface area contributed by atoms with Crippen molar-refractivity contribution in [2.45, 2.75) is 25.9 Å². The molecule has 6 nitrogen and oxygen atoms in total. The molecular formula is C14H19N3O3. The number of hydrogen-bond donors (Lipinski definition) is 3. The molecule has 108 valence electrons. The lowest BCUT2D eigenvalue weighted by atomic mass is 9.92. The van der Waals surface area contributed by atoms with Crippen LogP contribution in [0.15, 0.2) is 21.3 Å². The molecule has 4 N–H and O–H groups in total. The zero-order valence-corrected chi connectivity index (χ0v) is 11.4. The van der Waals surface area contributed by atoms with Crippen LogP contribution in [0.5, 0.6) is 0 Å². The summed E-state index contributed by atoms with van der Waals surface area (Å²) in [6.45, 7) is 3.55. The van der Waals surface area contributed by atoms with E-state index in [1.165, 1.54) is 0 Å². The van der Waals surface area contributed by atoms with Gasteiger partial charge in [0, 0.05) is 19.2 Å². The zero-order valence-electron chi connectivity index (χ0n) is 11.4. The van der Waals surface area contributed by atoms with Crippen molar-refractivity contribution in [1.29, 1.82) is 0 Å². The first-order chi connectivity index (χ1) is 9.54. The number of aliphatic hydroxyl groups is 1. The van der Waals surface area contributed by atoms with Crippen LogP contribution in [0.25, 0.3) is 11.1 Å². The molecule has 0 aliphatic carbocycles. The van der Waals surface area contributed by atoms with E-state index in [1.54, 1.807) is 6.07 Å². The number of aromatic nitrogens is 1. The molecule has 1 unspecified atom stereocenters. The van der Waals surface area contributed by atoms with Gasteiger partial charge in [0.2, 0.25) is 0 Å². The second kappa shape index (κ2) is 4.86. The van der Waals surface area contributed by atoms with Gasteiger partial charge in [0.25, 0.3) is 0 Å². The predicted octanol–water partition coefficient (Wildman–Crippen LogP) is 1.30. The summed E-state index contributed by atoms with van der Waals surface area (Å²) in [6, 6.07) is 3.54. The van der Waals surface area contributed by atoms with Crippen LogP contribution in [0.4, 0.5) is 11.4 Å². The molecule has 2 heterocycles. The highest BCUT2D eigenvalue weighted by Gasteiger charge is 2.24. The molecule has 2 aromatic rings. The summed E-state index contributed by atoms with van der Waals surface area (Å²) in [5, 5.41) is 9.64. The molecule has 1 aliphatic heterocycles. The highest BCUT2D eigenvalue weighted by molar-refractivity contribution is 5.85. The Labute approximate surface area is 116 Å². The van der Waals surface area contributed by atoms with Gasteiger partial charge >= 0.3 is 5.76 Å². The maximum atomic E-state index is 11.2. The largest absolute Gasteiger partial charge is 0.417 e. The first-order valence-electron chi connectivity index (χ1n) is 6.90. The van der Waals surface area contributed by atoms with Crippen LogP contribution in [0, 0.1) is 5.92 Å². The van der Waals surface area contributed by atoms with Crippen LogP contribution in [0.1, 0.15) is 19.8 Å². The number of oxazole rings is 1. The van der Waals surface area contributed by atoms with Crippen LogP contribution in [0.3, 0.4) is 0 Å². The summed E-state index contributed by atoms with van der Waals surface area (Å²) in [5.74, 6) is -0.116. The number of aliphatic hydroxyl groups excluding tert-OH is 1. The van der Waals surface area contributed by atoms with Crippen molar-refractivity contribution in [1.82, 2.24) is 4.98 Å². The molecule has 6 heteroatoms. The number of nitrogen functional groups attached to an aromatic ring is 1. The fraction of sp³-hybridized carbons (Fsp3) is 0.500. The number of H-pyrrole nitrogens is 1. The van der Waals surface area contributed by atoms with Gasteiger partial charge in [-0.05, 0) is 31.7 Å². The van der Waals surface area contributed by atoms with Gasteiger partial charge in [0.15, 0.2) is 5.58 Å². The number of rotatable bonds is 2. The van der Waals surface area contributed by atoms with Crippen LogP contribution in [-0.2, 0) is 0 Å². The normalized spacial score (nSPS) is 18.6. The summed E-state index contributed by atoms with van der Waals surface area (Å²) in [7, 11) is 0. The van der Waals surface area contributed by atoms with Gasteiger partial charge in [0.1, 0.15) is 0 Å². The molecule has 0 amide bonds. The fourth-order valence-corrected chi connectivity index (χ4v) is 2.90. The van der Waals surface area contributed by atoms with E-state index < -0.39 is 5.76 Å². The first kappa shape index (κ1) is 13.1. The molecule has 1 aliphatic rings. The number of aromatic amines is 1. The Morgan fingerprint density at radius 3 is 2.80 bits per heavy atom. The number of nitrogens with one attached hydrogen (secondary N) is 1. The van der Waals surface area contributed by atoms with Gasteiger partial charge in [-0.25, -0.2) is 4.79 Å². The summed E-state index contributed by atoms with van der Waals surface area (Å²) < 4.78 is 5.00. The second-order valence-electron chi connectivity index (χ2n) is 5.49. The molecule has 0 saturated carbocycles. The minimum Gasteiger partial charge on any atom is -0.408 e. The monoisotopic (exact) mass is 277 g/mol. The van der Waals surface area contributed by atoms with E-state index in [4.69, 9.17) is 10.2 Å². The average Bonchev–Trinajstić information content (AvgIpc) is 2.77. The SMILES string of the molecule is CC(O)C1CCN(c2cc3[nH]c(=O)oc3cc2N)CC1. The lowest BCUT2D eigenvalue weighted by Crippen LogP contribution is -2.37. The van der Waals surface area contributed by atoms with Crippen molar-refractivity contribution in [2.24, 2.45) is 5.92 Å². The molecule has 1 atom stereocenters. The van der Waals surface area contributed by atoms with Crippen molar-refractivity contribution in [3.8, 4) is 0 Å². The van der Waals surface area contributed by atoms with Gasteiger partial charge in [-0.15, -0.1) is 0 Å². The number of anilines is 2. The number of piperidine rings is 1. The fourth-order valence-electron chi connectivity index (χ4n) is 2.90. The minimum absolute atomic E-state index is 0.262. The summed E-state index contributed by atoms with van der Waals surface area (Å²) in [4.78, 5) is 16.0. The topological polar surface area (TPSA) is 95.5 Å². The van der Waals surface area contributed by atoms with E-state index in [0.717, 1.165) is 31.6 Å². The van der Waals surface area contributed by atoms with Crippen molar-refractivity contribution >= 4 is 22.5 Å². The Morgan fingerprint density at radius 2 is 2.15 bits per heavy atom. The smallest absolute Gasteiger partial charge is 0.408 e. The standard InChI is InChI=1S/C14H19N3O3/c1-8(18)9-2-4-17(5-3-9)12-7-11-13(6-10(12)15)20-14(19)16-11/h6-9,18H,2-5,15H2,1H3,(H,16,19). The van der Waals surface area contributed by atoms with Crippen molar-refractivity contribution in [3.63, 3.8) is 0 Å². The quantitative estimate of drug-likeness (QED) is 0.719. The van der Waals surface area contributed by atoms with Crippen molar-refractivity contribution in [2.75, 3.05) is 23.7 Å². The first-order valence-corrected chi connectivity index (χ1v) is 6.90. The van der Waals surface area contributed by atoms with Crippen molar-refractivity contribution in [3.05, 3.63) is 22.7 Å². The highest BCUT2D eigenvalue weighted by atomic mass is 16.4. The molecule has 1 aromatic carbocycles. The van der Waals surface area contributed by atoms with Gasteiger partial charge in [-0.1, -0.05) is 0 Å². The van der Waals surface area contributed by atoms with Crippen LogP contribution in [0.2, 0.25) is 0 Å². The molecular weight excluding hydrogens is 258 g/mol. The van der Waals surface area contributed by atoms with E-state index in [0.29, 0.717) is 22.7 Å². The molecule has 3 rings (SSSR count). The molecule has 0 radical (unpaired) electrons. The summed E-state index contributed by atoms with van der Waals surface area (Å²) in [5.41, 5.74) is 8.72. The van der Waals surface area contributed by atoms with E-state index in [1.807, 2.05) is 13.0 Å². The van der Waals surface area contributed by atoms with E-state index in [-0.39, 0.29) is 6.10 Å². The third-order valence-electron chi connectivity index (χ3n) is 4.13. The van der Waals surface area contributed by atoms with Crippen molar-refractivity contribution < 1.29 is 9.52 Å². The Kier molecular flexibility index (Phi) is 3.17. The Bertz CT molecular complexity index is 666. The molecule has 20 heavy (non-hydrogen) atoms. The summed E-state index contributed by atoms with van der Waals surface area (Å²) in [6.07, 6.45) is 1.62. The molecule has 1 aromatic heterocycles. The lowest BCUT2D eigenvalue weighted by molar-refractivity contribution is 0.110. The Hall–Kier alpha value is -1.95. The van der Waals surface area contributed by atoms with Crippen LogP contribution in [-0.4, -0.2) is 29.3 Å². The number of nitrogens with zero attached hydrogens (tertiary/aromatic N) is 1. The second-order valence-corrected chi connectivity index (χ2v) is 5.49. The third kappa shape index (κ3) is 2.27. The molecule has 0 bridgehead atoms. The minimum atomic E-state index is -0.468. The van der Waals surface area contributed by atoms with Gasteiger partial charge in [0.05, 0.1) is 23.0 Å². The Morgan fingerprint density at radius 1 is 1.45 bits per heavy atom. The van der Waals surface area contributed by atoms with Gasteiger partial charge in [-0.3, -0.25) is 4.98 Å². The van der Waals surface area contributed by atoms with E-state index in [2.05, 4.69) is 9.88 Å². The lowest BCUT2D eigenvalue weighted by Gasteiger charge is -2.35. The van der Waals surface area contributed by atoms with Gasteiger partial charge in [-0.2, -0.15) is 0 Å². The predicted molar refractivity (Wildman–Crippen MR) is 77.9 cm³/mol. The highest BCUT2D eigenvalue weighted by Crippen LogP contribution is 2.31. The average molecular weight is 277 g/mol. The summed E-state index contributed by atoms with van der Waals surface area (Å²) >= 11 is 0. The van der Waals surface area contributed by atoms with Crippen LogP contribution < -0.4 is 16.4 Å². The zero-order chi connectivity index (χ0) is 14.3. The number of fused-ring (bicyclic) bond motifs is 1. The Balaban J connectivity index is 1.87. The molecule has 1 saturated heterocycles. The maximum absolute atomic E-state index is 11.2.